The molecular weight excluding hydrogens is 436 g/mol. The molecule has 0 unspecified atom stereocenters. The fourth-order valence-corrected chi connectivity index (χ4v) is 5.55. The minimum Gasteiger partial charge on any atom is -0.355 e. The van der Waals surface area contributed by atoms with Gasteiger partial charge in [-0.3, -0.25) is 0 Å². The number of nitrogens with zero attached hydrogens (tertiary/aromatic N) is 1. The number of aromatic amines is 1. The molecule has 2 heterocycles. The Balaban J connectivity index is 1.50. The smallest absolute Gasteiger partial charge is 0.0541 e. The van der Waals surface area contributed by atoms with Gasteiger partial charge in [-0.05, 0) is 76.7 Å². The molecule has 7 rings (SSSR count). The van der Waals surface area contributed by atoms with Crippen molar-refractivity contribution in [2.75, 3.05) is 0 Å². The molecule has 7 aromatic rings. The number of benzene rings is 5. The van der Waals surface area contributed by atoms with E-state index < -0.39 is 0 Å². The number of hydrogen-bond acceptors (Lipinski definition) is 0. The Morgan fingerprint density at radius 2 is 1.14 bits per heavy atom. The lowest BCUT2D eigenvalue weighted by Crippen LogP contribution is -2.10. The van der Waals surface area contributed by atoms with Crippen LogP contribution in [-0.4, -0.2) is 9.55 Å². The van der Waals surface area contributed by atoms with E-state index >= 15 is 0 Å². The molecular formula is C34H28N2. The molecule has 2 aromatic heterocycles. The van der Waals surface area contributed by atoms with Crippen LogP contribution < -0.4 is 0 Å². The predicted molar refractivity (Wildman–Crippen MR) is 154 cm³/mol. The first-order valence-corrected chi connectivity index (χ1v) is 12.6. The number of H-pyrrole nitrogens is 1. The Bertz CT molecular complexity index is 1910. The summed E-state index contributed by atoms with van der Waals surface area (Å²) in [4.78, 5) is 3.55. The molecule has 0 fully saturated rings. The maximum atomic E-state index is 3.55. The minimum absolute atomic E-state index is 0.0906. The summed E-state index contributed by atoms with van der Waals surface area (Å²) in [6.07, 6.45) is 0. The molecule has 174 valence electrons. The zero-order valence-electron chi connectivity index (χ0n) is 20.8. The zero-order chi connectivity index (χ0) is 24.4. The van der Waals surface area contributed by atoms with Crippen LogP contribution in [-0.2, 0) is 5.41 Å². The Morgan fingerprint density at radius 1 is 0.528 bits per heavy atom. The van der Waals surface area contributed by atoms with Gasteiger partial charge in [-0.25, -0.2) is 0 Å². The van der Waals surface area contributed by atoms with Gasteiger partial charge < -0.3 is 9.55 Å². The number of para-hydroxylation sites is 2. The molecule has 5 aromatic carbocycles. The lowest BCUT2D eigenvalue weighted by atomic mass is 9.86. The van der Waals surface area contributed by atoms with Crippen LogP contribution in [0.4, 0.5) is 0 Å². The Kier molecular flexibility index (Phi) is 4.44. The van der Waals surface area contributed by atoms with Gasteiger partial charge in [0.1, 0.15) is 0 Å². The first-order chi connectivity index (χ1) is 17.5. The van der Waals surface area contributed by atoms with Crippen molar-refractivity contribution in [1.82, 2.24) is 9.55 Å². The third kappa shape index (κ3) is 3.18. The summed E-state index contributed by atoms with van der Waals surface area (Å²) in [6, 6.07) is 39.9. The normalized spacial score (nSPS) is 12.3. The SMILES string of the molecule is CC(C)(C)c1ccc2c(c1)c1cc(-c3ccc4[nH]c5ccccc5c4c3)ccc1n2-c1ccccc1. The highest BCUT2D eigenvalue weighted by Crippen LogP contribution is 2.38. The first kappa shape index (κ1) is 21.0. The number of fused-ring (bicyclic) bond motifs is 6. The van der Waals surface area contributed by atoms with Gasteiger partial charge in [0.15, 0.2) is 0 Å². The van der Waals surface area contributed by atoms with Gasteiger partial charge in [0.05, 0.1) is 11.0 Å². The predicted octanol–water partition coefficient (Wildman–Crippen LogP) is 9.38. The molecule has 0 saturated carbocycles. The van der Waals surface area contributed by atoms with E-state index in [4.69, 9.17) is 0 Å². The Morgan fingerprint density at radius 3 is 1.92 bits per heavy atom. The molecule has 2 heteroatoms. The molecule has 1 N–H and O–H groups in total. The van der Waals surface area contributed by atoms with Gasteiger partial charge in [-0.15, -0.1) is 0 Å². The summed E-state index contributed by atoms with van der Waals surface area (Å²) in [5.74, 6) is 0. The van der Waals surface area contributed by atoms with Gasteiger partial charge in [0.2, 0.25) is 0 Å². The summed E-state index contributed by atoms with van der Waals surface area (Å²) in [7, 11) is 0. The first-order valence-electron chi connectivity index (χ1n) is 12.6. The van der Waals surface area contributed by atoms with Crippen LogP contribution >= 0.6 is 0 Å². The number of hydrogen-bond donors (Lipinski definition) is 1. The summed E-state index contributed by atoms with van der Waals surface area (Å²) < 4.78 is 2.39. The third-order valence-electron chi connectivity index (χ3n) is 7.48. The van der Waals surface area contributed by atoms with Crippen molar-refractivity contribution in [3.05, 3.63) is 115 Å². The highest BCUT2D eigenvalue weighted by atomic mass is 15.0. The van der Waals surface area contributed by atoms with Crippen LogP contribution in [0.25, 0.3) is 60.4 Å². The van der Waals surface area contributed by atoms with E-state index in [-0.39, 0.29) is 5.41 Å². The third-order valence-corrected chi connectivity index (χ3v) is 7.48. The van der Waals surface area contributed by atoms with Crippen LogP contribution in [0.5, 0.6) is 0 Å². The van der Waals surface area contributed by atoms with Gasteiger partial charge in [-0.2, -0.15) is 0 Å². The van der Waals surface area contributed by atoms with Gasteiger partial charge in [0.25, 0.3) is 0 Å². The van der Waals surface area contributed by atoms with Crippen molar-refractivity contribution in [2.24, 2.45) is 0 Å². The quantitative estimate of drug-likeness (QED) is 0.263. The van der Waals surface area contributed by atoms with E-state index in [0.29, 0.717) is 0 Å². The molecule has 0 aliphatic rings. The molecule has 0 saturated heterocycles. The molecule has 0 aliphatic heterocycles. The fourth-order valence-electron chi connectivity index (χ4n) is 5.55. The largest absolute Gasteiger partial charge is 0.355 e. The van der Waals surface area contributed by atoms with Crippen molar-refractivity contribution in [3.63, 3.8) is 0 Å². The Hall–Kier alpha value is -4.30. The lowest BCUT2D eigenvalue weighted by Gasteiger charge is -2.19. The second kappa shape index (κ2) is 7.60. The average molecular weight is 465 g/mol. The van der Waals surface area contributed by atoms with Crippen molar-refractivity contribution >= 4 is 43.6 Å². The zero-order valence-corrected chi connectivity index (χ0v) is 20.8. The molecule has 0 amide bonds. The monoisotopic (exact) mass is 464 g/mol. The second-order valence-corrected chi connectivity index (χ2v) is 10.8. The molecule has 2 nitrogen and oxygen atoms in total. The molecule has 0 aliphatic carbocycles. The van der Waals surface area contributed by atoms with Crippen molar-refractivity contribution < 1.29 is 0 Å². The standard InChI is InChI=1S/C34H28N2/c1-34(2,3)24-15-18-33-29(21-24)28-20-23(14-17-32(28)36(33)25-9-5-4-6-10-25)22-13-16-31-27(19-22)26-11-7-8-12-30(26)35-31/h4-21,35H,1-3H3. The number of rotatable bonds is 2. The van der Waals surface area contributed by atoms with Gasteiger partial charge >= 0.3 is 0 Å². The summed E-state index contributed by atoms with van der Waals surface area (Å²) in [5, 5.41) is 5.13. The Labute approximate surface area is 210 Å². The fraction of sp³-hybridized carbons (Fsp3) is 0.118. The van der Waals surface area contributed by atoms with E-state index in [1.54, 1.807) is 0 Å². The van der Waals surface area contributed by atoms with Crippen molar-refractivity contribution in [3.8, 4) is 16.8 Å². The topological polar surface area (TPSA) is 20.7 Å². The number of nitrogens with one attached hydrogen (secondary N) is 1. The van der Waals surface area contributed by atoms with E-state index in [1.165, 1.54) is 66.0 Å². The van der Waals surface area contributed by atoms with E-state index in [9.17, 15) is 0 Å². The average Bonchev–Trinajstić information content (AvgIpc) is 3.43. The molecule has 0 atom stereocenters. The maximum Gasteiger partial charge on any atom is 0.0541 e. The van der Waals surface area contributed by atoms with Crippen LogP contribution in [0.15, 0.2) is 109 Å². The van der Waals surface area contributed by atoms with Gasteiger partial charge in [0, 0.05) is 38.3 Å². The minimum atomic E-state index is 0.0906. The van der Waals surface area contributed by atoms with E-state index in [2.05, 4.69) is 140 Å². The molecule has 36 heavy (non-hydrogen) atoms. The highest BCUT2D eigenvalue weighted by Gasteiger charge is 2.18. The van der Waals surface area contributed by atoms with Crippen molar-refractivity contribution in [1.29, 1.82) is 0 Å². The van der Waals surface area contributed by atoms with Crippen LogP contribution in [0.1, 0.15) is 26.3 Å². The van der Waals surface area contributed by atoms with E-state index in [0.717, 1.165) is 0 Å². The lowest BCUT2D eigenvalue weighted by molar-refractivity contribution is 0.591. The molecule has 0 radical (unpaired) electrons. The summed E-state index contributed by atoms with van der Waals surface area (Å²) in [6.45, 7) is 6.85. The van der Waals surface area contributed by atoms with Crippen molar-refractivity contribution in [2.45, 2.75) is 26.2 Å². The van der Waals surface area contributed by atoms with E-state index in [1.807, 2.05) is 0 Å². The number of aromatic nitrogens is 2. The molecule has 0 spiro atoms. The van der Waals surface area contributed by atoms with Gasteiger partial charge in [-0.1, -0.05) is 75.4 Å². The highest BCUT2D eigenvalue weighted by molar-refractivity contribution is 6.12. The molecule has 0 bridgehead atoms. The summed E-state index contributed by atoms with van der Waals surface area (Å²) >= 11 is 0. The van der Waals surface area contributed by atoms with Crippen LogP contribution in [0.2, 0.25) is 0 Å². The van der Waals surface area contributed by atoms with Crippen LogP contribution in [0, 0.1) is 0 Å². The maximum absolute atomic E-state index is 3.55. The summed E-state index contributed by atoms with van der Waals surface area (Å²) in [5.41, 5.74) is 9.95. The second-order valence-electron chi connectivity index (χ2n) is 10.8. The van der Waals surface area contributed by atoms with Crippen LogP contribution in [0.3, 0.4) is 0 Å².